The zero-order chi connectivity index (χ0) is 17.4. The van der Waals surface area contributed by atoms with Crippen LogP contribution >= 0.6 is 0 Å². The topological polar surface area (TPSA) is 60.3 Å². The van der Waals surface area contributed by atoms with E-state index in [1.165, 1.54) is 13.3 Å². The van der Waals surface area contributed by atoms with Gasteiger partial charge in [-0.05, 0) is 25.3 Å². The number of nitrogens with zero attached hydrogens (tertiary/aromatic N) is 1. The van der Waals surface area contributed by atoms with Crippen LogP contribution < -0.4 is 15.5 Å². The Morgan fingerprint density at radius 3 is 2.71 bits per heavy atom. The van der Waals surface area contributed by atoms with E-state index >= 15 is 0 Å². The summed E-state index contributed by atoms with van der Waals surface area (Å²) in [6.45, 7) is 2.33. The quantitative estimate of drug-likeness (QED) is 0.913. The summed E-state index contributed by atoms with van der Waals surface area (Å²) in [5, 5.41) is 2.59. The van der Waals surface area contributed by atoms with E-state index in [1.807, 2.05) is 6.92 Å². The van der Waals surface area contributed by atoms with Crippen LogP contribution in [0.5, 0.6) is 5.75 Å². The largest absolute Gasteiger partial charge is 0.491 e. The molecule has 0 aliphatic heterocycles. The van der Waals surface area contributed by atoms with Crippen molar-refractivity contribution in [3.63, 3.8) is 0 Å². The molecule has 1 aromatic heterocycles. The minimum Gasteiger partial charge on any atom is -0.491 e. The molecule has 0 bridgehead atoms. The molecule has 2 aromatic rings. The second kappa shape index (κ2) is 6.22. The van der Waals surface area contributed by atoms with E-state index in [-0.39, 0.29) is 28.3 Å². The van der Waals surface area contributed by atoms with Crippen molar-refractivity contribution < 1.29 is 18.3 Å². The highest BCUT2D eigenvalue weighted by Gasteiger charge is 2.30. The monoisotopic (exact) mass is 336 g/mol. The summed E-state index contributed by atoms with van der Waals surface area (Å²) in [4.78, 5) is 24.9. The van der Waals surface area contributed by atoms with E-state index in [2.05, 4.69) is 5.32 Å². The molecule has 3 rings (SSSR count). The Labute approximate surface area is 137 Å². The van der Waals surface area contributed by atoms with Crippen LogP contribution in [0.25, 0.3) is 10.9 Å². The molecule has 0 spiro atoms. The van der Waals surface area contributed by atoms with Crippen LogP contribution in [-0.2, 0) is 0 Å². The molecular weight excluding hydrogens is 318 g/mol. The van der Waals surface area contributed by atoms with Gasteiger partial charge in [-0.3, -0.25) is 9.59 Å². The summed E-state index contributed by atoms with van der Waals surface area (Å²) in [6, 6.07) is 0.884. The zero-order valence-electron chi connectivity index (χ0n) is 13.5. The first kappa shape index (κ1) is 16.4. The predicted molar refractivity (Wildman–Crippen MR) is 85.6 cm³/mol. The second-order valence-electron chi connectivity index (χ2n) is 5.87. The molecule has 1 amide bonds. The summed E-state index contributed by atoms with van der Waals surface area (Å²) >= 11 is 0. The minimum atomic E-state index is -1.18. The maximum absolute atomic E-state index is 14.1. The molecule has 128 valence electrons. The Hall–Kier alpha value is -2.44. The molecule has 1 N–H and O–H groups in total. The number of pyridine rings is 1. The third-order valence-corrected chi connectivity index (χ3v) is 4.09. The van der Waals surface area contributed by atoms with Crippen LogP contribution in [0.15, 0.2) is 17.1 Å². The molecular formula is C17H18F2N2O3. The van der Waals surface area contributed by atoms with Crippen LogP contribution in [0.4, 0.5) is 8.78 Å². The predicted octanol–water partition coefficient (Wildman–Crippen LogP) is 2.76. The number of hydrogen-bond acceptors (Lipinski definition) is 3. The highest BCUT2D eigenvalue weighted by molar-refractivity contribution is 5.98. The SMILES string of the molecule is CCCNC(=O)c1cn(C2CC2)c2c(OC)c(F)c(F)cc2c1=O. The molecule has 1 aliphatic rings. The molecule has 5 nitrogen and oxygen atoms in total. The standard InChI is InChI=1S/C17H18F2N2O3/c1-3-6-20-17(23)11-8-21(9-4-5-9)14-10(15(11)22)7-12(18)13(19)16(14)24-2/h7-9H,3-6H2,1-2H3,(H,20,23). The van der Waals surface area contributed by atoms with Crippen molar-refractivity contribution in [1.82, 2.24) is 9.88 Å². The number of rotatable bonds is 5. The Kier molecular flexibility index (Phi) is 4.26. The number of methoxy groups -OCH3 is 1. The van der Waals surface area contributed by atoms with Crippen LogP contribution in [0.3, 0.4) is 0 Å². The minimum absolute atomic E-state index is 0.0459. The van der Waals surface area contributed by atoms with Gasteiger partial charge in [-0.2, -0.15) is 4.39 Å². The molecule has 1 fully saturated rings. The molecule has 0 saturated heterocycles. The van der Waals surface area contributed by atoms with Gasteiger partial charge in [0, 0.05) is 18.8 Å². The maximum atomic E-state index is 14.1. The van der Waals surface area contributed by atoms with Gasteiger partial charge < -0.3 is 14.6 Å². The number of benzene rings is 1. The van der Waals surface area contributed by atoms with Crippen molar-refractivity contribution in [2.24, 2.45) is 0 Å². The fourth-order valence-corrected chi connectivity index (χ4v) is 2.75. The lowest BCUT2D eigenvalue weighted by atomic mass is 10.1. The highest BCUT2D eigenvalue weighted by atomic mass is 19.2. The van der Waals surface area contributed by atoms with Crippen molar-refractivity contribution >= 4 is 16.8 Å². The highest BCUT2D eigenvalue weighted by Crippen LogP contribution is 2.40. The van der Waals surface area contributed by atoms with Crippen molar-refractivity contribution in [3.8, 4) is 5.75 Å². The number of halogens is 2. The van der Waals surface area contributed by atoms with Crippen LogP contribution in [-0.4, -0.2) is 24.1 Å². The van der Waals surface area contributed by atoms with Gasteiger partial charge in [0.2, 0.25) is 11.2 Å². The summed E-state index contributed by atoms with van der Waals surface area (Å²) in [7, 11) is 1.22. The number of hydrogen-bond donors (Lipinski definition) is 1. The van der Waals surface area contributed by atoms with Gasteiger partial charge in [0.15, 0.2) is 11.6 Å². The molecule has 0 atom stereocenters. The Bertz CT molecular complexity index is 872. The van der Waals surface area contributed by atoms with Gasteiger partial charge in [0.05, 0.1) is 18.0 Å². The molecule has 24 heavy (non-hydrogen) atoms. The Balaban J connectivity index is 2.31. The number of fused-ring (bicyclic) bond motifs is 1. The summed E-state index contributed by atoms with van der Waals surface area (Å²) in [5.41, 5.74) is -0.514. The lowest BCUT2D eigenvalue weighted by molar-refractivity contribution is 0.0952. The number of carbonyl (C=O) groups excluding carboxylic acids is 1. The lowest BCUT2D eigenvalue weighted by Gasteiger charge is -2.16. The number of carbonyl (C=O) groups is 1. The first-order valence-electron chi connectivity index (χ1n) is 7.88. The maximum Gasteiger partial charge on any atom is 0.256 e. The first-order chi connectivity index (χ1) is 11.5. The molecule has 0 radical (unpaired) electrons. The van der Waals surface area contributed by atoms with Gasteiger partial charge in [-0.25, -0.2) is 4.39 Å². The smallest absolute Gasteiger partial charge is 0.256 e. The van der Waals surface area contributed by atoms with Crippen LogP contribution in [0.2, 0.25) is 0 Å². The Morgan fingerprint density at radius 2 is 2.12 bits per heavy atom. The van der Waals surface area contributed by atoms with Crippen LogP contribution in [0.1, 0.15) is 42.6 Å². The van der Waals surface area contributed by atoms with E-state index in [4.69, 9.17) is 4.74 Å². The van der Waals surface area contributed by atoms with Gasteiger partial charge in [0.1, 0.15) is 5.56 Å². The average Bonchev–Trinajstić information content (AvgIpc) is 3.40. The molecule has 7 heteroatoms. The fourth-order valence-electron chi connectivity index (χ4n) is 2.75. The van der Waals surface area contributed by atoms with E-state index < -0.39 is 23.0 Å². The summed E-state index contributed by atoms with van der Waals surface area (Å²) in [5.74, 6) is -3.14. The van der Waals surface area contributed by atoms with Gasteiger partial charge in [-0.15, -0.1) is 0 Å². The van der Waals surface area contributed by atoms with Crippen molar-refractivity contribution in [1.29, 1.82) is 0 Å². The van der Waals surface area contributed by atoms with Crippen molar-refractivity contribution in [3.05, 3.63) is 39.7 Å². The first-order valence-corrected chi connectivity index (χ1v) is 7.88. The normalized spacial score (nSPS) is 14.0. The third kappa shape index (κ3) is 2.64. The Morgan fingerprint density at radius 1 is 1.42 bits per heavy atom. The molecule has 1 aromatic carbocycles. The van der Waals surface area contributed by atoms with Crippen molar-refractivity contribution in [2.45, 2.75) is 32.2 Å². The average molecular weight is 336 g/mol. The van der Waals surface area contributed by atoms with Gasteiger partial charge in [-0.1, -0.05) is 6.92 Å². The number of ether oxygens (including phenoxy) is 1. The molecule has 0 unspecified atom stereocenters. The summed E-state index contributed by atoms with van der Waals surface area (Å²) in [6.07, 6.45) is 3.84. The summed E-state index contributed by atoms with van der Waals surface area (Å²) < 4.78 is 34.6. The van der Waals surface area contributed by atoms with Gasteiger partial charge in [0.25, 0.3) is 5.91 Å². The lowest BCUT2D eigenvalue weighted by Crippen LogP contribution is -2.30. The van der Waals surface area contributed by atoms with Gasteiger partial charge >= 0.3 is 0 Å². The second-order valence-corrected chi connectivity index (χ2v) is 5.87. The zero-order valence-corrected chi connectivity index (χ0v) is 13.5. The van der Waals surface area contributed by atoms with Crippen molar-refractivity contribution in [2.75, 3.05) is 13.7 Å². The van der Waals surface area contributed by atoms with E-state index in [0.29, 0.717) is 6.54 Å². The van der Waals surface area contributed by atoms with E-state index in [1.54, 1.807) is 4.57 Å². The fraction of sp³-hybridized carbons (Fsp3) is 0.412. The molecule has 1 saturated carbocycles. The molecule has 1 aliphatic carbocycles. The van der Waals surface area contributed by atoms with E-state index in [9.17, 15) is 18.4 Å². The number of aromatic nitrogens is 1. The number of nitrogens with one attached hydrogen (secondary N) is 1. The third-order valence-electron chi connectivity index (χ3n) is 4.09. The molecule has 1 heterocycles. The number of amides is 1. The van der Waals surface area contributed by atoms with E-state index in [0.717, 1.165) is 25.3 Å². The van der Waals surface area contributed by atoms with Crippen LogP contribution in [0, 0.1) is 11.6 Å².